The molecule has 112 valence electrons. The molecule has 0 spiro atoms. The van der Waals surface area contributed by atoms with E-state index in [2.05, 4.69) is 17.6 Å². The van der Waals surface area contributed by atoms with Crippen LogP contribution in [0.5, 0.6) is 0 Å². The fourth-order valence-electron chi connectivity index (χ4n) is 2.00. The quantitative estimate of drug-likeness (QED) is 0.518. The molecule has 1 aromatic carbocycles. The van der Waals surface area contributed by atoms with Crippen LogP contribution in [0.1, 0.15) is 25.3 Å². The van der Waals surface area contributed by atoms with Crippen LogP contribution in [0.15, 0.2) is 30.3 Å². The summed E-state index contributed by atoms with van der Waals surface area (Å²) in [6.45, 7) is 3.32. The van der Waals surface area contributed by atoms with Crippen molar-refractivity contribution >= 4 is 6.09 Å². The number of carbonyl (C=O) groups is 1. The van der Waals surface area contributed by atoms with Crippen molar-refractivity contribution in [1.29, 1.82) is 0 Å². The minimum Gasteiger partial charge on any atom is -0.465 e. The number of nitrogens with one attached hydrogen (secondary N) is 2. The van der Waals surface area contributed by atoms with E-state index in [1.165, 1.54) is 0 Å². The Balaban J connectivity index is 2.52. The van der Waals surface area contributed by atoms with Gasteiger partial charge in [-0.3, -0.25) is 0 Å². The highest BCUT2D eigenvalue weighted by molar-refractivity contribution is 5.65. The van der Waals surface area contributed by atoms with E-state index in [0.717, 1.165) is 24.9 Å². The van der Waals surface area contributed by atoms with E-state index < -0.39 is 18.2 Å². The highest BCUT2D eigenvalue weighted by Crippen LogP contribution is 2.06. The molecule has 0 aliphatic heterocycles. The third-order valence-electron chi connectivity index (χ3n) is 3.13. The Kier molecular flexibility index (Phi) is 7.69. The van der Waals surface area contributed by atoms with Gasteiger partial charge in [-0.25, -0.2) is 4.79 Å². The fourth-order valence-corrected chi connectivity index (χ4v) is 2.00. The highest BCUT2D eigenvalue weighted by atomic mass is 16.4. The van der Waals surface area contributed by atoms with Gasteiger partial charge in [0.25, 0.3) is 0 Å². The number of carboxylic acid groups (broad SMARTS) is 1. The van der Waals surface area contributed by atoms with Crippen LogP contribution in [0.2, 0.25) is 0 Å². The number of hydrogen-bond donors (Lipinski definition) is 4. The monoisotopic (exact) mass is 280 g/mol. The molecule has 0 heterocycles. The Bertz CT molecular complexity index is 384. The van der Waals surface area contributed by atoms with Crippen LogP contribution in [0.25, 0.3) is 0 Å². The van der Waals surface area contributed by atoms with Crippen molar-refractivity contribution in [3.8, 4) is 0 Å². The molecule has 0 aliphatic carbocycles. The lowest BCUT2D eigenvalue weighted by atomic mass is 10.0. The van der Waals surface area contributed by atoms with Crippen LogP contribution >= 0.6 is 0 Å². The predicted octanol–water partition coefficient (Wildman–Crippen LogP) is 1.62. The van der Waals surface area contributed by atoms with Crippen molar-refractivity contribution in [2.24, 2.45) is 0 Å². The van der Waals surface area contributed by atoms with Crippen molar-refractivity contribution in [2.45, 2.75) is 38.3 Å². The smallest absolute Gasteiger partial charge is 0.404 e. The Morgan fingerprint density at radius 2 is 2.00 bits per heavy atom. The van der Waals surface area contributed by atoms with Gasteiger partial charge in [0.05, 0.1) is 12.1 Å². The summed E-state index contributed by atoms with van der Waals surface area (Å²) in [6, 6.07) is 9.05. The van der Waals surface area contributed by atoms with Crippen molar-refractivity contribution in [3.05, 3.63) is 35.9 Å². The molecule has 0 radical (unpaired) electrons. The number of aliphatic hydroxyl groups is 1. The molecule has 0 aromatic heterocycles. The molecule has 5 heteroatoms. The van der Waals surface area contributed by atoms with Gasteiger partial charge in [-0.05, 0) is 24.9 Å². The normalized spacial score (nSPS) is 13.7. The zero-order chi connectivity index (χ0) is 14.8. The second kappa shape index (κ2) is 9.34. The van der Waals surface area contributed by atoms with Gasteiger partial charge < -0.3 is 20.8 Å². The maximum absolute atomic E-state index is 10.8. The maximum Gasteiger partial charge on any atom is 0.404 e. The Morgan fingerprint density at radius 1 is 1.30 bits per heavy atom. The lowest BCUT2D eigenvalue weighted by molar-refractivity contribution is 0.118. The molecule has 0 bridgehead atoms. The molecule has 0 saturated heterocycles. The van der Waals surface area contributed by atoms with E-state index in [9.17, 15) is 9.90 Å². The topological polar surface area (TPSA) is 81.6 Å². The van der Waals surface area contributed by atoms with Gasteiger partial charge >= 0.3 is 6.09 Å². The highest BCUT2D eigenvalue weighted by Gasteiger charge is 2.21. The zero-order valence-corrected chi connectivity index (χ0v) is 11.9. The van der Waals surface area contributed by atoms with Crippen LogP contribution in [0.4, 0.5) is 4.79 Å². The van der Waals surface area contributed by atoms with Crippen LogP contribution in [0, 0.1) is 0 Å². The Hall–Kier alpha value is -1.59. The van der Waals surface area contributed by atoms with E-state index in [1.54, 1.807) is 0 Å². The van der Waals surface area contributed by atoms with E-state index in [0.29, 0.717) is 13.0 Å². The molecule has 1 rings (SSSR count). The van der Waals surface area contributed by atoms with Gasteiger partial charge in [-0.1, -0.05) is 43.7 Å². The standard InChI is InChI=1S/C15H24N2O3/c1-2-3-9-16-11-14(18)13(17-15(19)20)10-12-7-5-4-6-8-12/h4-8,13-14,16-18H,2-3,9-11H2,1H3,(H,19,20). The van der Waals surface area contributed by atoms with Crippen LogP contribution in [-0.4, -0.2) is 41.5 Å². The lowest BCUT2D eigenvalue weighted by Crippen LogP contribution is -2.48. The molecule has 0 aliphatic rings. The second-order valence-electron chi connectivity index (χ2n) is 4.87. The average Bonchev–Trinajstić information content (AvgIpc) is 2.43. The largest absolute Gasteiger partial charge is 0.465 e. The van der Waals surface area contributed by atoms with E-state index in [1.807, 2.05) is 30.3 Å². The molecular formula is C15H24N2O3. The van der Waals surface area contributed by atoms with Gasteiger partial charge in [0.2, 0.25) is 0 Å². The van der Waals surface area contributed by atoms with Gasteiger partial charge in [0, 0.05) is 6.54 Å². The molecule has 2 unspecified atom stereocenters. The maximum atomic E-state index is 10.8. The minimum atomic E-state index is -1.11. The van der Waals surface area contributed by atoms with Crippen molar-refractivity contribution in [1.82, 2.24) is 10.6 Å². The molecule has 5 nitrogen and oxygen atoms in total. The molecule has 0 saturated carbocycles. The summed E-state index contributed by atoms with van der Waals surface area (Å²) in [5.41, 5.74) is 0.999. The number of amides is 1. The van der Waals surface area contributed by atoms with Gasteiger partial charge in [0.15, 0.2) is 0 Å². The first-order valence-electron chi connectivity index (χ1n) is 7.05. The first-order valence-corrected chi connectivity index (χ1v) is 7.05. The van der Waals surface area contributed by atoms with Crippen LogP contribution in [0.3, 0.4) is 0 Å². The van der Waals surface area contributed by atoms with E-state index >= 15 is 0 Å². The van der Waals surface area contributed by atoms with Gasteiger partial charge in [-0.2, -0.15) is 0 Å². The summed E-state index contributed by atoms with van der Waals surface area (Å²) < 4.78 is 0. The Morgan fingerprint density at radius 3 is 2.60 bits per heavy atom. The summed E-state index contributed by atoms with van der Waals surface area (Å²) in [7, 11) is 0. The van der Waals surface area contributed by atoms with Crippen molar-refractivity contribution in [2.75, 3.05) is 13.1 Å². The average molecular weight is 280 g/mol. The molecule has 1 amide bonds. The summed E-state index contributed by atoms with van der Waals surface area (Å²) in [5.74, 6) is 0. The number of rotatable bonds is 9. The second-order valence-corrected chi connectivity index (χ2v) is 4.87. The number of benzene rings is 1. The third kappa shape index (κ3) is 6.54. The molecule has 20 heavy (non-hydrogen) atoms. The number of aliphatic hydroxyl groups excluding tert-OH is 1. The first kappa shape index (κ1) is 16.5. The fraction of sp³-hybridized carbons (Fsp3) is 0.533. The summed E-state index contributed by atoms with van der Waals surface area (Å²) >= 11 is 0. The summed E-state index contributed by atoms with van der Waals surface area (Å²) in [4.78, 5) is 10.8. The first-order chi connectivity index (χ1) is 9.63. The van der Waals surface area contributed by atoms with E-state index in [-0.39, 0.29) is 0 Å². The molecule has 0 fully saturated rings. The number of unbranched alkanes of at least 4 members (excludes halogenated alkanes) is 1. The predicted molar refractivity (Wildman–Crippen MR) is 78.9 cm³/mol. The Labute approximate surface area is 120 Å². The molecule has 1 aromatic rings. The molecule has 2 atom stereocenters. The summed E-state index contributed by atoms with van der Waals surface area (Å²) in [5, 5.41) is 24.5. The van der Waals surface area contributed by atoms with Gasteiger partial charge in [0.1, 0.15) is 0 Å². The lowest BCUT2D eigenvalue weighted by Gasteiger charge is -2.23. The van der Waals surface area contributed by atoms with Crippen molar-refractivity contribution in [3.63, 3.8) is 0 Å². The van der Waals surface area contributed by atoms with Gasteiger partial charge in [-0.15, -0.1) is 0 Å². The van der Waals surface area contributed by atoms with E-state index in [4.69, 9.17) is 5.11 Å². The summed E-state index contributed by atoms with van der Waals surface area (Å²) in [6.07, 6.45) is 0.748. The van der Waals surface area contributed by atoms with Crippen molar-refractivity contribution < 1.29 is 15.0 Å². The molecular weight excluding hydrogens is 256 g/mol. The minimum absolute atomic E-state index is 0.387. The van der Waals surface area contributed by atoms with Crippen LogP contribution in [-0.2, 0) is 6.42 Å². The SMILES string of the molecule is CCCCNCC(O)C(Cc1ccccc1)NC(=O)O. The number of hydrogen-bond acceptors (Lipinski definition) is 3. The third-order valence-corrected chi connectivity index (χ3v) is 3.13. The zero-order valence-electron chi connectivity index (χ0n) is 11.9. The molecule has 4 N–H and O–H groups in total. The van der Waals surface area contributed by atoms with Crippen LogP contribution < -0.4 is 10.6 Å².